The van der Waals surface area contributed by atoms with E-state index >= 15 is 0 Å². The average Bonchev–Trinajstić information content (AvgIpc) is 2.76. The van der Waals surface area contributed by atoms with Gasteiger partial charge >= 0.3 is 0 Å². The molecule has 1 aliphatic rings. The lowest BCUT2D eigenvalue weighted by molar-refractivity contribution is 0.449. The summed E-state index contributed by atoms with van der Waals surface area (Å²) in [4.78, 5) is 8.20. The predicted molar refractivity (Wildman–Crippen MR) is 65.7 cm³/mol. The highest BCUT2D eigenvalue weighted by Crippen LogP contribution is 2.24. The third-order valence-electron chi connectivity index (χ3n) is 3.42. The number of nitrogens with zero attached hydrogens (tertiary/aromatic N) is 1. The molecule has 0 saturated carbocycles. The van der Waals surface area contributed by atoms with Gasteiger partial charge in [-0.15, -0.1) is 0 Å². The summed E-state index contributed by atoms with van der Waals surface area (Å²) in [5.41, 5.74) is 3.55. The number of aromatic amines is 1. The van der Waals surface area contributed by atoms with Gasteiger partial charge in [-0.1, -0.05) is 12.1 Å². The molecule has 1 aliphatic heterocycles. The van der Waals surface area contributed by atoms with Crippen LogP contribution in [0.5, 0.6) is 0 Å². The summed E-state index contributed by atoms with van der Waals surface area (Å²) in [6.45, 7) is 4.32. The van der Waals surface area contributed by atoms with Crippen molar-refractivity contribution in [2.24, 2.45) is 0 Å². The van der Waals surface area contributed by atoms with Crippen LogP contribution < -0.4 is 5.32 Å². The molecule has 84 valence electrons. The van der Waals surface area contributed by atoms with Crippen LogP contribution in [0.4, 0.5) is 0 Å². The van der Waals surface area contributed by atoms with Crippen LogP contribution in [0.3, 0.4) is 0 Å². The van der Waals surface area contributed by atoms with Gasteiger partial charge in [0.2, 0.25) is 0 Å². The van der Waals surface area contributed by atoms with Crippen LogP contribution in [0.15, 0.2) is 18.2 Å². The van der Waals surface area contributed by atoms with Gasteiger partial charge in [0, 0.05) is 12.5 Å². The van der Waals surface area contributed by atoms with Crippen molar-refractivity contribution in [3.8, 4) is 0 Å². The summed E-state index contributed by atoms with van der Waals surface area (Å²) in [7, 11) is 0. The van der Waals surface area contributed by atoms with Gasteiger partial charge in [0.15, 0.2) is 0 Å². The lowest BCUT2D eigenvalue weighted by atomic mass is 9.99. The second-order valence-electron chi connectivity index (χ2n) is 4.64. The lowest BCUT2D eigenvalue weighted by Crippen LogP contribution is -2.28. The zero-order chi connectivity index (χ0) is 11.0. The van der Waals surface area contributed by atoms with Gasteiger partial charge in [0.25, 0.3) is 0 Å². The highest BCUT2D eigenvalue weighted by atomic mass is 15.0. The standard InChI is InChI=1S/C13H17N3/c1-9-4-2-6-11-12(9)16-13(15-11)10-5-3-7-14-8-10/h2,4,6,10,14H,3,5,7-8H2,1H3,(H,15,16)/t10-/m1/s1. The molecule has 0 unspecified atom stereocenters. The molecule has 1 fully saturated rings. The van der Waals surface area contributed by atoms with Gasteiger partial charge in [-0.05, 0) is 37.9 Å². The maximum Gasteiger partial charge on any atom is 0.111 e. The van der Waals surface area contributed by atoms with E-state index in [0.717, 1.165) is 24.4 Å². The number of hydrogen-bond acceptors (Lipinski definition) is 2. The second kappa shape index (κ2) is 3.91. The number of nitrogens with one attached hydrogen (secondary N) is 2. The van der Waals surface area contributed by atoms with Crippen molar-refractivity contribution < 1.29 is 0 Å². The first kappa shape index (κ1) is 9.85. The van der Waals surface area contributed by atoms with Crippen LogP contribution in [-0.2, 0) is 0 Å². The molecule has 0 spiro atoms. The number of para-hydroxylation sites is 1. The van der Waals surface area contributed by atoms with E-state index in [0.29, 0.717) is 5.92 Å². The quantitative estimate of drug-likeness (QED) is 0.766. The minimum atomic E-state index is 0.556. The summed E-state index contributed by atoms with van der Waals surface area (Å²) >= 11 is 0. The molecule has 2 N–H and O–H groups in total. The van der Waals surface area contributed by atoms with Crippen LogP contribution in [-0.4, -0.2) is 23.1 Å². The number of aromatic nitrogens is 2. The Morgan fingerprint density at radius 2 is 2.31 bits per heavy atom. The van der Waals surface area contributed by atoms with E-state index in [9.17, 15) is 0 Å². The Morgan fingerprint density at radius 1 is 1.38 bits per heavy atom. The highest BCUT2D eigenvalue weighted by molar-refractivity contribution is 5.78. The third-order valence-corrected chi connectivity index (χ3v) is 3.42. The molecule has 0 bridgehead atoms. The van der Waals surface area contributed by atoms with Crippen LogP contribution >= 0.6 is 0 Å². The molecule has 1 aromatic heterocycles. The smallest absolute Gasteiger partial charge is 0.111 e. The first-order chi connectivity index (χ1) is 7.84. The fourth-order valence-electron chi connectivity index (χ4n) is 2.47. The summed E-state index contributed by atoms with van der Waals surface area (Å²) in [5.74, 6) is 1.71. The second-order valence-corrected chi connectivity index (χ2v) is 4.64. The van der Waals surface area contributed by atoms with Crippen LogP contribution in [0.2, 0.25) is 0 Å². The molecule has 0 aliphatic carbocycles. The molecule has 2 heterocycles. The van der Waals surface area contributed by atoms with E-state index in [1.54, 1.807) is 0 Å². The number of imidazole rings is 1. The largest absolute Gasteiger partial charge is 0.342 e. The molecule has 1 aromatic carbocycles. The Hall–Kier alpha value is -1.35. The van der Waals surface area contributed by atoms with Crippen molar-refractivity contribution >= 4 is 11.0 Å². The molecule has 0 amide bonds. The summed E-state index contributed by atoms with van der Waals surface area (Å²) in [5, 5.41) is 3.43. The molecule has 0 radical (unpaired) electrons. The summed E-state index contributed by atoms with van der Waals surface area (Å²) in [6, 6.07) is 6.31. The van der Waals surface area contributed by atoms with Gasteiger partial charge in [-0.25, -0.2) is 4.98 Å². The number of rotatable bonds is 1. The number of aryl methyl sites for hydroxylation is 1. The molecule has 1 atom stereocenters. The van der Waals surface area contributed by atoms with E-state index in [-0.39, 0.29) is 0 Å². The van der Waals surface area contributed by atoms with Crippen molar-refractivity contribution in [2.45, 2.75) is 25.7 Å². The van der Waals surface area contributed by atoms with Crippen molar-refractivity contribution in [1.29, 1.82) is 0 Å². The molecule has 3 rings (SSSR count). The fraction of sp³-hybridized carbons (Fsp3) is 0.462. The van der Waals surface area contributed by atoms with Gasteiger partial charge in [0.1, 0.15) is 5.82 Å². The maximum absolute atomic E-state index is 4.74. The number of H-pyrrole nitrogens is 1. The van der Waals surface area contributed by atoms with Crippen molar-refractivity contribution in [3.05, 3.63) is 29.6 Å². The molecule has 16 heavy (non-hydrogen) atoms. The minimum Gasteiger partial charge on any atom is -0.342 e. The molecular weight excluding hydrogens is 198 g/mol. The Morgan fingerprint density at radius 3 is 3.06 bits per heavy atom. The summed E-state index contributed by atoms with van der Waals surface area (Å²) < 4.78 is 0. The topological polar surface area (TPSA) is 40.7 Å². The molecule has 2 aromatic rings. The zero-order valence-corrected chi connectivity index (χ0v) is 9.59. The van der Waals surface area contributed by atoms with Crippen LogP contribution in [0, 0.1) is 6.92 Å². The van der Waals surface area contributed by atoms with E-state index < -0.39 is 0 Å². The molecular formula is C13H17N3. The van der Waals surface area contributed by atoms with Gasteiger partial charge in [-0.3, -0.25) is 0 Å². The number of benzene rings is 1. The van der Waals surface area contributed by atoms with Crippen molar-refractivity contribution in [1.82, 2.24) is 15.3 Å². The Labute approximate surface area is 95.3 Å². The number of hydrogen-bond donors (Lipinski definition) is 2. The Bertz CT molecular complexity index is 495. The van der Waals surface area contributed by atoms with E-state index in [1.165, 1.54) is 23.9 Å². The predicted octanol–water partition coefficient (Wildman–Crippen LogP) is 2.34. The first-order valence-electron chi connectivity index (χ1n) is 6.00. The zero-order valence-electron chi connectivity index (χ0n) is 9.59. The van der Waals surface area contributed by atoms with E-state index in [1.807, 2.05) is 0 Å². The average molecular weight is 215 g/mol. The van der Waals surface area contributed by atoms with Crippen LogP contribution in [0.1, 0.15) is 30.1 Å². The van der Waals surface area contributed by atoms with Gasteiger partial charge < -0.3 is 10.3 Å². The number of piperidine rings is 1. The van der Waals surface area contributed by atoms with Crippen LogP contribution in [0.25, 0.3) is 11.0 Å². The lowest BCUT2D eigenvalue weighted by Gasteiger charge is -2.20. The van der Waals surface area contributed by atoms with E-state index in [4.69, 9.17) is 4.98 Å². The molecule has 3 heteroatoms. The SMILES string of the molecule is Cc1cccc2[nH]c([C@@H]3CCCNC3)nc12. The normalized spacial score (nSPS) is 21.4. The third kappa shape index (κ3) is 1.61. The minimum absolute atomic E-state index is 0.556. The monoisotopic (exact) mass is 215 g/mol. The van der Waals surface area contributed by atoms with E-state index in [2.05, 4.69) is 35.4 Å². The Kier molecular flexibility index (Phi) is 2.40. The van der Waals surface area contributed by atoms with Crippen molar-refractivity contribution in [2.75, 3.05) is 13.1 Å². The fourth-order valence-corrected chi connectivity index (χ4v) is 2.47. The molecule has 3 nitrogen and oxygen atoms in total. The Balaban J connectivity index is 2.01. The highest BCUT2D eigenvalue weighted by Gasteiger charge is 2.18. The maximum atomic E-state index is 4.74. The number of fused-ring (bicyclic) bond motifs is 1. The van der Waals surface area contributed by atoms with Gasteiger partial charge in [0.05, 0.1) is 11.0 Å². The summed E-state index contributed by atoms with van der Waals surface area (Å²) in [6.07, 6.45) is 2.49. The molecule has 1 saturated heterocycles. The van der Waals surface area contributed by atoms with Crippen molar-refractivity contribution in [3.63, 3.8) is 0 Å². The first-order valence-corrected chi connectivity index (χ1v) is 6.00. The van der Waals surface area contributed by atoms with Gasteiger partial charge in [-0.2, -0.15) is 0 Å².